The molecule has 0 aliphatic rings. The number of nitrogens with zero attached hydrogens (tertiary/aromatic N) is 3. The van der Waals surface area contributed by atoms with Gasteiger partial charge >= 0.3 is 0 Å². The molecule has 6 nitrogen and oxygen atoms in total. The van der Waals surface area contributed by atoms with Crippen molar-refractivity contribution in [1.82, 2.24) is 4.57 Å². The summed E-state index contributed by atoms with van der Waals surface area (Å²) in [6, 6.07) is 88.0. The number of para-hydroxylation sites is 2. The van der Waals surface area contributed by atoms with E-state index in [1.54, 1.807) is 0 Å². The molecule has 3 heterocycles. The number of hydrogen-bond donors (Lipinski definition) is 1. The SMILES string of the molecule is N=C(N=C(N=Cc1ccccc1)c1ccccc1)c1cc(-c2ccc(-c3ccccc3)cc2)c(-n2c3ccccc3c3c4oc5cc6c(cc5c4ccc32)oc2ccccc26)c(-c2ccc(-c3ccccc3)cc2)c1. The van der Waals surface area contributed by atoms with Crippen molar-refractivity contribution in [2.75, 3.05) is 0 Å². The molecule has 0 saturated carbocycles. The Kier molecular flexibility index (Phi) is 10.6. The number of nitrogens with one attached hydrogen (secondary N) is 1. The van der Waals surface area contributed by atoms with E-state index in [0.29, 0.717) is 11.4 Å². The second-order valence-electron chi connectivity index (χ2n) is 18.9. The number of furan rings is 2. The van der Waals surface area contributed by atoms with Gasteiger partial charge in [0, 0.05) is 55.4 Å². The fraction of sp³-hybridized carbons (Fsp3) is 0. The van der Waals surface area contributed by atoms with E-state index in [2.05, 4.69) is 168 Å². The molecule has 14 rings (SSSR count). The van der Waals surface area contributed by atoms with Gasteiger partial charge in [0.2, 0.25) is 0 Å². The van der Waals surface area contributed by atoms with Crippen LogP contribution in [0.2, 0.25) is 0 Å². The minimum absolute atomic E-state index is 0.0830. The summed E-state index contributed by atoms with van der Waals surface area (Å²) in [6.45, 7) is 0. The summed E-state index contributed by atoms with van der Waals surface area (Å²) in [5.41, 5.74) is 17.0. The topological polar surface area (TPSA) is 79.8 Å². The molecule has 14 aromatic rings. The smallest absolute Gasteiger partial charge is 0.161 e. The van der Waals surface area contributed by atoms with Crippen LogP contribution in [-0.4, -0.2) is 22.5 Å². The zero-order chi connectivity index (χ0) is 49.8. The van der Waals surface area contributed by atoms with Gasteiger partial charge in [-0.05, 0) is 87.5 Å². The van der Waals surface area contributed by atoms with E-state index >= 15 is 0 Å². The van der Waals surface area contributed by atoms with Crippen molar-refractivity contribution in [3.63, 3.8) is 0 Å². The Hall–Kier alpha value is -10.2. The Bertz CT molecular complexity index is 4450. The van der Waals surface area contributed by atoms with Crippen molar-refractivity contribution < 1.29 is 8.83 Å². The third-order valence-electron chi connectivity index (χ3n) is 14.4. The van der Waals surface area contributed by atoms with Crippen LogP contribution in [0.3, 0.4) is 0 Å². The van der Waals surface area contributed by atoms with E-state index in [1.807, 2.05) is 97.2 Å². The van der Waals surface area contributed by atoms with Crippen molar-refractivity contribution in [2.24, 2.45) is 9.98 Å². The Balaban J connectivity index is 1.04. The average molecular weight is 961 g/mol. The number of aliphatic imine (C=N–C) groups is 2. The summed E-state index contributed by atoms with van der Waals surface area (Å²) in [4.78, 5) is 9.99. The average Bonchev–Trinajstić information content (AvgIpc) is 4.23. The summed E-state index contributed by atoms with van der Waals surface area (Å²) >= 11 is 0. The van der Waals surface area contributed by atoms with Gasteiger partial charge in [0.05, 0.1) is 22.1 Å². The Morgan fingerprint density at radius 2 is 0.893 bits per heavy atom. The maximum absolute atomic E-state index is 9.95. The molecule has 11 aromatic carbocycles. The van der Waals surface area contributed by atoms with Crippen molar-refractivity contribution in [3.8, 4) is 50.2 Å². The Morgan fingerprint density at radius 3 is 1.53 bits per heavy atom. The molecule has 75 heavy (non-hydrogen) atoms. The molecule has 6 heteroatoms. The molecule has 0 spiro atoms. The van der Waals surface area contributed by atoms with Crippen LogP contribution in [0.15, 0.2) is 274 Å². The molecule has 0 aliphatic heterocycles. The molecule has 0 radical (unpaired) electrons. The standard InChI is InChI=1S/C69H44N4O2/c70-68(72-69(51-23-11-4-12-24-51)71-43-44-17-5-1-6-18-44)52-39-56(49-33-29-47(30-34-49)45-19-7-2-8-20-45)66(57(40-52)50-35-31-48(32-36-50)46-21-9-3-10-22-46)73-60-27-15-13-26-55(60)65-61(73)38-37-54-59-42-63-58(41-64(59)75-67(54)65)53-25-14-16-28-62(53)74-63/h1-43,70H. The van der Waals surface area contributed by atoms with Crippen molar-refractivity contribution in [2.45, 2.75) is 0 Å². The minimum Gasteiger partial charge on any atom is -0.456 e. The minimum atomic E-state index is 0.0830. The van der Waals surface area contributed by atoms with Gasteiger partial charge in [0.1, 0.15) is 22.3 Å². The molecular formula is C69H44N4O2. The quantitative estimate of drug-likeness (QED) is 0.122. The van der Waals surface area contributed by atoms with Crippen molar-refractivity contribution in [1.29, 1.82) is 5.41 Å². The van der Waals surface area contributed by atoms with Crippen LogP contribution < -0.4 is 0 Å². The first-order valence-electron chi connectivity index (χ1n) is 25.1. The van der Waals surface area contributed by atoms with Crippen LogP contribution in [0, 0.1) is 5.41 Å². The van der Waals surface area contributed by atoms with E-state index < -0.39 is 0 Å². The lowest BCUT2D eigenvalue weighted by molar-refractivity contribution is 0.665. The van der Waals surface area contributed by atoms with Gasteiger partial charge in [-0.15, -0.1) is 0 Å². The summed E-state index contributed by atoms with van der Waals surface area (Å²) in [5.74, 6) is 0.522. The van der Waals surface area contributed by atoms with E-state index in [0.717, 1.165) is 127 Å². The van der Waals surface area contributed by atoms with E-state index in [1.165, 1.54) is 0 Å². The number of fused-ring (bicyclic) bond motifs is 10. The second-order valence-corrected chi connectivity index (χ2v) is 18.9. The van der Waals surface area contributed by atoms with Gasteiger partial charge in [-0.25, -0.2) is 9.98 Å². The fourth-order valence-electron chi connectivity index (χ4n) is 10.7. The third-order valence-corrected chi connectivity index (χ3v) is 14.4. The molecule has 0 saturated heterocycles. The molecule has 0 aliphatic carbocycles. The van der Waals surface area contributed by atoms with Gasteiger partial charge in [0.25, 0.3) is 0 Å². The molecular weight excluding hydrogens is 917 g/mol. The summed E-state index contributed by atoms with van der Waals surface area (Å²) in [5, 5.41) is 16.1. The van der Waals surface area contributed by atoms with Gasteiger partial charge in [-0.2, -0.15) is 0 Å². The lowest BCUT2D eigenvalue weighted by Crippen LogP contribution is -2.07. The van der Waals surface area contributed by atoms with Crippen LogP contribution in [-0.2, 0) is 0 Å². The summed E-state index contributed by atoms with van der Waals surface area (Å²) in [6.07, 6.45) is 1.81. The summed E-state index contributed by atoms with van der Waals surface area (Å²) < 4.78 is 15.8. The van der Waals surface area contributed by atoms with Crippen LogP contribution in [0.25, 0.3) is 116 Å². The molecule has 352 valence electrons. The zero-order valence-electron chi connectivity index (χ0n) is 40.5. The van der Waals surface area contributed by atoms with E-state index in [-0.39, 0.29) is 5.84 Å². The molecule has 0 fully saturated rings. The number of rotatable bonds is 8. The third kappa shape index (κ3) is 7.72. The molecule has 0 atom stereocenters. The maximum atomic E-state index is 9.95. The number of hydrogen-bond acceptors (Lipinski definition) is 3. The Labute approximate surface area is 431 Å². The zero-order valence-corrected chi connectivity index (χ0v) is 40.5. The van der Waals surface area contributed by atoms with Crippen LogP contribution >= 0.6 is 0 Å². The highest BCUT2D eigenvalue weighted by atomic mass is 16.3. The molecule has 0 amide bonds. The highest BCUT2D eigenvalue weighted by Crippen LogP contribution is 2.47. The largest absolute Gasteiger partial charge is 0.456 e. The number of aromatic nitrogens is 1. The van der Waals surface area contributed by atoms with Crippen LogP contribution in [0.5, 0.6) is 0 Å². The van der Waals surface area contributed by atoms with E-state index in [9.17, 15) is 5.41 Å². The first-order chi connectivity index (χ1) is 37.1. The fourth-order valence-corrected chi connectivity index (χ4v) is 10.7. The molecule has 0 unspecified atom stereocenters. The number of benzene rings is 11. The summed E-state index contributed by atoms with van der Waals surface area (Å²) in [7, 11) is 0. The lowest BCUT2D eigenvalue weighted by Gasteiger charge is -2.21. The molecule has 3 aromatic heterocycles. The van der Waals surface area contributed by atoms with Crippen LogP contribution in [0.4, 0.5) is 0 Å². The highest BCUT2D eigenvalue weighted by molar-refractivity contribution is 6.26. The van der Waals surface area contributed by atoms with Crippen molar-refractivity contribution in [3.05, 3.63) is 271 Å². The maximum Gasteiger partial charge on any atom is 0.161 e. The second kappa shape index (κ2) is 18.1. The lowest BCUT2D eigenvalue weighted by atomic mass is 9.91. The normalized spacial score (nSPS) is 12.1. The molecule has 0 bridgehead atoms. The first-order valence-corrected chi connectivity index (χ1v) is 25.1. The van der Waals surface area contributed by atoms with Crippen LogP contribution in [0.1, 0.15) is 16.7 Å². The van der Waals surface area contributed by atoms with Gasteiger partial charge < -0.3 is 13.4 Å². The Morgan fingerprint density at radius 1 is 0.387 bits per heavy atom. The predicted octanol–water partition coefficient (Wildman–Crippen LogP) is 18.1. The highest BCUT2D eigenvalue weighted by Gasteiger charge is 2.25. The van der Waals surface area contributed by atoms with Gasteiger partial charge in [-0.3, -0.25) is 5.41 Å². The monoisotopic (exact) mass is 960 g/mol. The van der Waals surface area contributed by atoms with Gasteiger partial charge in [0.15, 0.2) is 11.7 Å². The van der Waals surface area contributed by atoms with Gasteiger partial charge in [-0.1, -0.05) is 206 Å². The number of amidine groups is 2. The molecule has 1 N–H and O–H groups in total. The predicted molar refractivity (Wildman–Crippen MR) is 311 cm³/mol. The van der Waals surface area contributed by atoms with E-state index in [4.69, 9.17) is 18.8 Å². The first kappa shape index (κ1) is 43.6. The van der Waals surface area contributed by atoms with Crippen molar-refractivity contribution >= 4 is 83.6 Å².